The van der Waals surface area contributed by atoms with Crippen molar-refractivity contribution in [2.75, 3.05) is 0 Å². The Labute approximate surface area is 163 Å². The van der Waals surface area contributed by atoms with Crippen molar-refractivity contribution in [1.29, 1.82) is 0 Å². The molecule has 0 spiro atoms. The average molecular weight is 397 g/mol. The minimum absolute atomic E-state index is 0.0958. The number of piperidine rings is 2. The number of benzene rings is 1. The first kappa shape index (κ1) is 20.7. The number of carbonyl (C=O) groups excluding carboxylic acids is 2. The highest BCUT2D eigenvalue weighted by Gasteiger charge is 2.44. The summed E-state index contributed by atoms with van der Waals surface area (Å²) in [6, 6.07) is 2.95. The standard InChI is InChI=1S/C21H26F3NO3/c1-21(2,3)28-20(27)25-14-5-4-6-15(25)10-13(9-14)18(26)12-7-8-16(19(23)24)17(22)11-12/h7-8,11,13-15,19H,4-6,9-10H2,1-3H3. The van der Waals surface area contributed by atoms with Crippen molar-refractivity contribution >= 4 is 11.9 Å². The Morgan fingerprint density at radius 3 is 2.25 bits per heavy atom. The molecule has 0 saturated carbocycles. The fourth-order valence-corrected chi connectivity index (χ4v) is 4.30. The van der Waals surface area contributed by atoms with Gasteiger partial charge in [0.2, 0.25) is 0 Å². The van der Waals surface area contributed by atoms with Gasteiger partial charge < -0.3 is 9.64 Å². The van der Waals surface area contributed by atoms with Gasteiger partial charge in [0.1, 0.15) is 11.4 Å². The van der Waals surface area contributed by atoms with Gasteiger partial charge in [-0.3, -0.25) is 4.79 Å². The van der Waals surface area contributed by atoms with Gasteiger partial charge in [-0.15, -0.1) is 0 Å². The van der Waals surface area contributed by atoms with Gasteiger partial charge >= 0.3 is 6.09 Å². The van der Waals surface area contributed by atoms with Crippen molar-refractivity contribution in [3.63, 3.8) is 0 Å². The van der Waals surface area contributed by atoms with Crippen LogP contribution in [0, 0.1) is 11.7 Å². The zero-order valence-corrected chi connectivity index (χ0v) is 16.4. The molecule has 2 heterocycles. The Kier molecular flexibility index (Phi) is 5.73. The molecule has 2 aliphatic rings. The fraction of sp³-hybridized carbons (Fsp3) is 0.619. The summed E-state index contributed by atoms with van der Waals surface area (Å²) < 4.78 is 44.9. The van der Waals surface area contributed by atoms with E-state index in [2.05, 4.69) is 0 Å². The van der Waals surface area contributed by atoms with Crippen LogP contribution in [-0.2, 0) is 4.74 Å². The van der Waals surface area contributed by atoms with E-state index in [1.54, 1.807) is 4.90 Å². The minimum Gasteiger partial charge on any atom is -0.444 e. The van der Waals surface area contributed by atoms with Crippen LogP contribution in [-0.4, -0.2) is 34.5 Å². The first-order chi connectivity index (χ1) is 13.1. The van der Waals surface area contributed by atoms with Crippen LogP contribution in [0.3, 0.4) is 0 Å². The smallest absolute Gasteiger partial charge is 0.410 e. The molecule has 2 saturated heterocycles. The number of amides is 1. The van der Waals surface area contributed by atoms with Crippen LogP contribution < -0.4 is 0 Å². The number of alkyl halides is 2. The van der Waals surface area contributed by atoms with Crippen LogP contribution in [0.5, 0.6) is 0 Å². The van der Waals surface area contributed by atoms with Crippen molar-refractivity contribution in [1.82, 2.24) is 4.90 Å². The summed E-state index contributed by atoms with van der Waals surface area (Å²) in [5.41, 5.74) is -1.19. The Balaban J connectivity index is 1.75. The lowest BCUT2D eigenvalue weighted by molar-refractivity contribution is -0.0260. The minimum atomic E-state index is -2.92. The quantitative estimate of drug-likeness (QED) is 0.632. The van der Waals surface area contributed by atoms with E-state index in [0.717, 1.165) is 31.4 Å². The number of carbonyl (C=O) groups is 2. The van der Waals surface area contributed by atoms with Gasteiger partial charge in [0.15, 0.2) is 5.78 Å². The van der Waals surface area contributed by atoms with Crippen LogP contribution in [0.1, 0.15) is 75.2 Å². The maximum atomic E-state index is 13.9. The molecule has 1 aromatic carbocycles. The third-order valence-electron chi connectivity index (χ3n) is 5.47. The second-order valence-corrected chi connectivity index (χ2v) is 8.70. The predicted molar refractivity (Wildman–Crippen MR) is 97.9 cm³/mol. The van der Waals surface area contributed by atoms with E-state index < -0.39 is 23.4 Å². The molecule has 2 bridgehead atoms. The highest BCUT2D eigenvalue weighted by molar-refractivity contribution is 5.98. The molecular formula is C21H26F3NO3. The predicted octanol–water partition coefficient (Wildman–Crippen LogP) is 5.51. The van der Waals surface area contributed by atoms with E-state index in [0.29, 0.717) is 12.8 Å². The number of rotatable bonds is 3. The molecule has 1 amide bonds. The number of hydrogen-bond acceptors (Lipinski definition) is 3. The number of hydrogen-bond donors (Lipinski definition) is 0. The van der Waals surface area contributed by atoms with Gasteiger partial charge in [-0.1, -0.05) is 6.07 Å². The molecule has 2 unspecified atom stereocenters. The normalized spacial score (nSPS) is 25.0. The summed E-state index contributed by atoms with van der Waals surface area (Å²) in [6.45, 7) is 5.44. The topological polar surface area (TPSA) is 46.6 Å². The third kappa shape index (κ3) is 4.33. The van der Waals surface area contributed by atoms with Gasteiger partial charge in [-0.2, -0.15) is 0 Å². The van der Waals surface area contributed by atoms with Gasteiger partial charge in [0, 0.05) is 23.6 Å². The summed E-state index contributed by atoms with van der Waals surface area (Å²) in [7, 11) is 0. The van der Waals surface area contributed by atoms with Crippen molar-refractivity contribution in [3.8, 4) is 0 Å². The van der Waals surface area contributed by atoms with Gasteiger partial charge in [-0.05, 0) is 65.0 Å². The molecule has 3 rings (SSSR count). The molecule has 1 aromatic rings. The fourth-order valence-electron chi connectivity index (χ4n) is 4.30. The lowest BCUT2D eigenvalue weighted by atomic mass is 9.76. The number of fused-ring (bicyclic) bond motifs is 2. The summed E-state index contributed by atoms with van der Waals surface area (Å²) in [5.74, 6) is -1.67. The zero-order valence-electron chi connectivity index (χ0n) is 16.4. The molecule has 7 heteroatoms. The summed E-state index contributed by atoms with van der Waals surface area (Å²) >= 11 is 0. The van der Waals surface area contributed by atoms with Crippen molar-refractivity contribution in [2.45, 2.75) is 77.0 Å². The third-order valence-corrected chi connectivity index (χ3v) is 5.47. The Morgan fingerprint density at radius 2 is 1.75 bits per heavy atom. The molecule has 2 atom stereocenters. The highest BCUT2D eigenvalue weighted by atomic mass is 19.3. The number of Topliss-reactive ketones (excluding diaryl/α,β-unsaturated/α-hetero) is 1. The van der Waals surface area contributed by atoms with Gasteiger partial charge in [0.05, 0.1) is 5.56 Å². The van der Waals surface area contributed by atoms with E-state index >= 15 is 0 Å². The Morgan fingerprint density at radius 1 is 1.14 bits per heavy atom. The molecule has 154 valence electrons. The highest BCUT2D eigenvalue weighted by Crippen LogP contribution is 2.39. The molecule has 28 heavy (non-hydrogen) atoms. The molecule has 0 radical (unpaired) electrons. The second-order valence-electron chi connectivity index (χ2n) is 8.70. The lowest BCUT2D eigenvalue weighted by Gasteiger charge is -2.48. The molecule has 0 N–H and O–H groups in total. The van der Waals surface area contributed by atoms with Crippen LogP contribution in [0.4, 0.5) is 18.0 Å². The lowest BCUT2D eigenvalue weighted by Crippen LogP contribution is -2.56. The number of ketones is 1. The molecule has 4 nitrogen and oxygen atoms in total. The maximum absolute atomic E-state index is 13.9. The van der Waals surface area contributed by atoms with E-state index in [1.165, 1.54) is 6.07 Å². The average Bonchev–Trinajstić information content (AvgIpc) is 2.58. The first-order valence-electron chi connectivity index (χ1n) is 9.70. The number of nitrogens with zero attached hydrogens (tertiary/aromatic N) is 1. The van der Waals surface area contributed by atoms with Gasteiger partial charge in [0.25, 0.3) is 6.43 Å². The van der Waals surface area contributed by atoms with E-state index in [9.17, 15) is 22.8 Å². The molecule has 0 aromatic heterocycles. The SMILES string of the molecule is CC(C)(C)OC(=O)N1C2CCCC1CC(C(=O)c1ccc(C(F)F)c(F)c1)C2. The van der Waals surface area contributed by atoms with Crippen LogP contribution >= 0.6 is 0 Å². The summed E-state index contributed by atoms with van der Waals surface area (Å²) in [5, 5.41) is 0. The van der Waals surface area contributed by atoms with Crippen molar-refractivity contribution in [2.24, 2.45) is 5.92 Å². The van der Waals surface area contributed by atoms with Crippen LogP contribution in [0.25, 0.3) is 0 Å². The van der Waals surface area contributed by atoms with Gasteiger partial charge in [-0.25, -0.2) is 18.0 Å². The summed E-state index contributed by atoms with van der Waals surface area (Å²) in [4.78, 5) is 27.3. The Bertz CT molecular complexity index is 746. The first-order valence-corrected chi connectivity index (χ1v) is 9.70. The zero-order chi connectivity index (χ0) is 20.6. The molecular weight excluding hydrogens is 371 g/mol. The molecule has 2 aliphatic heterocycles. The largest absolute Gasteiger partial charge is 0.444 e. The monoisotopic (exact) mass is 397 g/mol. The maximum Gasteiger partial charge on any atom is 0.410 e. The van der Waals surface area contributed by atoms with E-state index in [4.69, 9.17) is 4.74 Å². The number of halogens is 3. The van der Waals surface area contributed by atoms with E-state index in [-0.39, 0.29) is 35.4 Å². The summed E-state index contributed by atoms with van der Waals surface area (Å²) in [6.07, 6.45) is 0.240. The van der Waals surface area contributed by atoms with Crippen LogP contribution in [0.15, 0.2) is 18.2 Å². The number of ether oxygens (including phenoxy) is 1. The second kappa shape index (κ2) is 7.76. The van der Waals surface area contributed by atoms with Crippen molar-refractivity contribution in [3.05, 3.63) is 35.1 Å². The molecule has 0 aliphatic carbocycles. The van der Waals surface area contributed by atoms with Crippen molar-refractivity contribution < 1.29 is 27.5 Å². The Hall–Kier alpha value is -2.05. The molecule has 2 fully saturated rings. The van der Waals surface area contributed by atoms with E-state index in [1.807, 2.05) is 20.8 Å². The van der Waals surface area contributed by atoms with Crippen LogP contribution in [0.2, 0.25) is 0 Å².